The van der Waals surface area contributed by atoms with Crippen molar-refractivity contribution in [3.63, 3.8) is 0 Å². The predicted octanol–water partition coefficient (Wildman–Crippen LogP) is 3.72. The standard InChI is InChI=1S/C27H35N3O3/c1-33-25-10-8-23(9-11-25)27(32)30-17-13-21(14-18-30)7-12-26(31)28-24-15-16-29(20-24)19-22-5-3-2-4-6-22/h2-6,8-11,21,24H,7,12-20H2,1H3,(H,28,31)/t24-/m0/s1. The summed E-state index contributed by atoms with van der Waals surface area (Å²) in [4.78, 5) is 29.6. The molecule has 2 aliphatic rings. The maximum Gasteiger partial charge on any atom is 0.253 e. The van der Waals surface area contributed by atoms with Crippen LogP contribution >= 0.6 is 0 Å². The lowest BCUT2D eigenvalue weighted by molar-refractivity contribution is -0.122. The fourth-order valence-electron chi connectivity index (χ4n) is 4.91. The summed E-state index contributed by atoms with van der Waals surface area (Å²) < 4.78 is 5.17. The number of carbonyl (C=O) groups is 2. The summed E-state index contributed by atoms with van der Waals surface area (Å²) in [6, 6.07) is 18.0. The predicted molar refractivity (Wildman–Crippen MR) is 129 cm³/mol. The van der Waals surface area contributed by atoms with Gasteiger partial charge in [-0.3, -0.25) is 14.5 Å². The zero-order valence-corrected chi connectivity index (χ0v) is 19.5. The number of likely N-dealkylation sites (tertiary alicyclic amines) is 2. The largest absolute Gasteiger partial charge is 0.497 e. The lowest BCUT2D eigenvalue weighted by Gasteiger charge is -2.32. The average molecular weight is 450 g/mol. The first-order chi connectivity index (χ1) is 16.1. The number of ether oxygens (including phenoxy) is 1. The minimum absolute atomic E-state index is 0.0788. The Kier molecular flexibility index (Phi) is 8.00. The second kappa shape index (κ2) is 11.3. The monoisotopic (exact) mass is 449 g/mol. The number of methoxy groups -OCH3 is 1. The van der Waals surface area contributed by atoms with E-state index in [4.69, 9.17) is 4.74 Å². The van der Waals surface area contributed by atoms with Crippen molar-refractivity contribution in [1.29, 1.82) is 0 Å². The van der Waals surface area contributed by atoms with Gasteiger partial charge in [0, 0.05) is 50.7 Å². The molecule has 4 rings (SSSR count). The minimum atomic E-state index is 0.0788. The molecular formula is C27H35N3O3. The van der Waals surface area contributed by atoms with Gasteiger partial charge in [-0.05, 0) is 61.4 Å². The molecule has 0 bridgehead atoms. The summed E-state index contributed by atoms with van der Waals surface area (Å²) in [6.45, 7) is 4.41. The molecule has 2 aromatic rings. The minimum Gasteiger partial charge on any atom is -0.497 e. The topological polar surface area (TPSA) is 61.9 Å². The highest BCUT2D eigenvalue weighted by Gasteiger charge is 2.26. The Morgan fingerprint density at radius 1 is 0.970 bits per heavy atom. The van der Waals surface area contributed by atoms with Gasteiger partial charge in [-0.15, -0.1) is 0 Å². The molecule has 1 atom stereocenters. The molecule has 2 saturated heterocycles. The molecule has 2 aliphatic heterocycles. The molecule has 176 valence electrons. The zero-order valence-electron chi connectivity index (χ0n) is 19.5. The van der Waals surface area contributed by atoms with E-state index in [0.717, 1.165) is 64.2 Å². The van der Waals surface area contributed by atoms with Gasteiger partial charge in [-0.1, -0.05) is 30.3 Å². The van der Waals surface area contributed by atoms with Crippen molar-refractivity contribution in [2.24, 2.45) is 5.92 Å². The summed E-state index contributed by atoms with van der Waals surface area (Å²) in [5.74, 6) is 1.51. The van der Waals surface area contributed by atoms with Crippen molar-refractivity contribution in [3.8, 4) is 5.75 Å². The van der Waals surface area contributed by atoms with Crippen molar-refractivity contribution >= 4 is 11.8 Å². The third-order valence-corrected chi connectivity index (χ3v) is 6.90. The number of hydrogen-bond acceptors (Lipinski definition) is 4. The molecule has 6 nitrogen and oxygen atoms in total. The van der Waals surface area contributed by atoms with Crippen molar-refractivity contribution < 1.29 is 14.3 Å². The second-order valence-electron chi connectivity index (χ2n) is 9.28. The van der Waals surface area contributed by atoms with Gasteiger partial charge in [0.15, 0.2) is 0 Å². The SMILES string of the molecule is COc1ccc(C(=O)N2CCC(CCC(=O)N[C@H]3CCN(Cc4ccccc4)C3)CC2)cc1. The maximum atomic E-state index is 12.7. The Bertz CT molecular complexity index is 908. The molecule has 33 heavy (non-hydrogen) atoms. The van der Waals surface area contributed by atoms with Crippen molar-refractivity contribution in [1.82, 2.24) is 15.1 Å². The molecule has 0 spiro atoms. The molecular weight excluding hydrogens is 414 g/mol. The Labute approximate surface area is 196 Å². The summed E-state index contributed by atoms with van der Waals surface area (Å²) in [5, 5.41) is 3.24. The van der Waals surface area contributed by atoms with E-state index in [1.807, 2.05) is 35.2 Å². The van der Waals surface area contributed by atoms with Gasteiger partial charge in [-0.2, -0.15) is 0 Å². The number of rotatable bonds is 8. The quantitative estimate of drug-likeness (QED) is 0.667. The van der Waals surface area contributed by atoms with Crippen LogP contribution in [0.15, 0.2) is 54.6 Å². The molecule has 6 heteroatoms. The maximum absolute atomic E-state index is 12.7. The average Bonchev–Trinajstić information content (AvgIpc) is 3.29. The van der Waals surface area contributed by atoms with Crippen LogP contribution in [0.5, 0.6) is 5.75 Å². The van der Waals surface area contributed by atoms with E-state index >= 15 is 0 Å². The van der Waals surface area contributed by atoms with Crippen LogP contribution < -0.4 is 10.1 Å². The molecule has 0 aromatic heterocycles. The van der Waals surface area contributed by atoms with Gasteiger partial charge in [0.2, 0.25) is 5.91 Å². The van der Waals surface area contributed by atoms with Crippen molar-refractivity contribution in [2.75, 3.05) is 33.3 Å². The van der Waals surface area contributed by atoms with Gasteiger partial charge >= 0.3 is 0 Å². The lowest BCUT2D eigenvalue weighted by atomic mass is 9.91. The molecule has 0 aliphatic carbocycles. The number of piperidine rings is 1. The molecule has 2 heterocycles. The fraction of sp³-hybridized carbons (Fsp3) is 0.481. The van der Waals surface area contributed by atoms with E-state index in [1.54, 1.807) is 7.11 Å². The van der Waals surface area contributed by atoms with Crippen LogP contribution in [0.1, 0.15) is 48.0 Å². The van der Waals surface area contributed by atoms with Gasteiger partial charge in [0.1, 0.15) is 5.75 Å². The van der Waals surface area contributed by atoms with E-state index < -0.39 is 0 Å². The van der Waals surface area contributed by atoms with E-state index in [0.29, 0.717) is 17.9 Å². The molecule has 0 unspecified atom stereocenters. The summed E-state index contributed by atoms with van der Waals surface area (Å²) >= 11 is 0. The van der Waals surface area contributed by atoms with Crippen molar-refractivity contribution in [2.45, 2.75) is 44.7 Å². The Balaban J connectivity index is 1.13. The highest BCUT2D eigenvalue weighted by atomic mass is 16.5. The van der Waals surface area contributed by atoms with Crippen LogP contribution in [0.2, 0.25) is 0 Å². The summed E-state index contributed by atoms with van der Waals surface area (Å²) in [7, 11) is 1.62. The Morgan fingerprint density at radius 2 is 1.70 bits per heavy atom. The first-order valence-electron chi connectivity index (χ1n) is 12.1. The number of nitrogens with zero attached hydrogens (tertiary/aromatic N) is 2. The smallest absolute Gasteiger partial charge is 0.253 e. The van der Waals surface area contributed by atoms with E-state index in [9.17, 15) is 9.59 Å². The Hall–Kier alpha value is -2.86. The first kappa shape index (κ1) is 23.3. The van der Waals surface area contributed by atoms with Crippen LogP contribution in [0.25, 0.3) is 0 Å². The lowest BCUT2D eigenvalue weighted by Crippen LogP contribution is -2.39. The molecule has 2 fully saturated rings. The molecule has 2 amide bonds. The number of nitrogens with one attached hydrogen (secondary N) is 1. The van der Waals surface area contributed by atoms with E-state index in [-0.39, 0.29) is 17.9 Å². The third-order valence-electron chi connectivity index (χ3n) is 6.90. The molecule has 0 radical (unpaired) electrons. The van der Waals surface area contributed by atoms with Gasteiger partial charge in [-0.25, -0.2) is 0 Å². The Morgan fingerprint density at radius 3 is 2.39 bits per heavy atom. The number of hydrogen-bond donors (Lipinski definition) is 1. The van der Waals surface area contributed by atoms with Gasteiger partial charge < -0.3 is 15.0 Å². The first-order valence-corrected chi connectivity index (χ1v) is 12.1. The summed E-state index contributed by atoms with van der Waals surface area (Å²) in [5.41, 5.74) is 2.02. The van der Waals surface area contributed by atoms with E-state index in [1.165, 1.54) is 5.56 Å². The molecule has 1 N–H and O–H groups in total. The zero-order chi connectivity index (χ0) is 23.0. The normalized spacial score (nSPS) is 19.4. The van der Waals surface area contributed by atoms with Crippen LogP contribution in [0, 0.1) is 5.92 Å². The number of benzene rings is 2. The fourth-order valence-corrected chi connectivity index (χ4v) is 4.91. The van der Waals surface area contributed by atoms with Crippen LogP contribution in [-0.4, -0.2) is 60.9 Å². The van der Waals surface area contributed by atoms with Gasteiger partial charge in [0.25, 0.3) is 5.91 Å². The van der Waals surface area contributed by atoms with Crippen molar-refractivity contribution in [3.05, 3.63) is 65.7 Å². The molecule has 2 aromatic carbocycles. The van der Waals surface area contributed by atoms with Crippen LogP contribution in [-0.2, 0) is 11.3 Å². The highest BCUT2D eigenvalue weighted by Crippen LogP contribution is 2.24. The second-order valence-corrected chi connectivity index (χ2v) is 9.28. The summed E-state index contributed by atoms with van der Waals surface area (Å²) in [6.07, 6.45) is 4.42. The van der Waals surface area contributed by atoms with Crippen LogP contribution in [0.3, 0.4) is 0 Å². The van der Waals surface area contributed by atoms with Gasteiger partial charge in [0.05, 0.1) is 7.11 Å². The van der Waals surface area contributed by atoms with Crippen LogP contribution in [0.4, 0.5) is 0 Å². The molecule has 0 saturated carbocycles. The third kappa shape index (κ3) is 6.57. The van der Waals surface area contributed by atoms with E-state index in [2.05, 4.69) is 34.5 Å². The number of carbonyl (C=O) groups excluding carboxylic acids is 2. The number of amides is 2. The highest BCUT2D eigenvalue weighted by molar-refractivity contribution is 5.94.